The summed E-state index contributed by atoms with van der Waals surface area (Å²) in [6.45, 7) is 1.97. The van der Waals surface area contributed by atoms with Gasteiger partial charge in [-0.05, 0) is 12.1 Å². The first-order chi connectivity index (χ1) is 10.6. The number of nitriles is 1. The smallest absolute Gasteiger partial charge is 0.131 e. The lowest BCUT2D eigenvalue weighted by atomic mass is 9.99. The van der Waals surface area contributed by atoms with Gasteiger partial charge in [-0.1, -0.05) is 0 Å². The summed E-state index contributed by atoms with van der Waals surface area (Å²) in [5.74, 6) is 0. The fourth-order valence-electron chi connectivity index (χ4n) is 2.77. The van der Waals surface area contributed by atoms with Gasteiger partial charge in [0.2, 0.25) is 0 Å². The Hall–Kier alpha value is -2.88. The van der Waals surface area contributed by atoms with Crippen molar-refractivity contribution in [1.82, 2.24) is 9.78 Å². The largest absolute Gasteiger partial charge is 0.371 e. The van der Waals surface area contributed by atoms with E-state index in [1.54, 1.807) is 10.9 Å². The number of hydrogen-bond acceptors (Lipinski definition) is 6. The van der Waals surface area contributed by atoms with Gasteiger partial charge >= 0.3 is 0 Å². The van der Waals surface area contributed by atoms with Gasteiger partial charge < -0.3 is 9.80 Å². The van der Waals surface area contributed by atoms with E-state index < -0.39 is 0 Å². The summed E-state index contributed by atoms with van der Waals surface area (Å²) in [5.41, 5.74) is 11.5. The molecule has 3 rings (SSSR count). The van der Waals surface area contributed by atoms with Crippen molar-refractivity contribution in [2.24, 2.45) is 12.2 Å². The first-order valence-electron chi connectivity index (χ1n) is 7.00. The van der Waals surface area contributed by atoms with E-state index in [1.807, 2.05) is 37.3 Å². The van der Waals surface area contributed by atoms with Gasteiger partial charge in [0.25, 0.3) is 0 Å². The summed E-state index contributed by atoms with van der Waals surface area (Å²) in [6.07, 6.45) is 3.67. The Kier molecular flexibility index (Phi) is 3.51. The van der Waals surface area contributed by atoms with Crippen LogP contribution in [0, 0.1) is 16.9 Å². The van der Waals surface area contributed by atoms with Crippen molar-refractivity contribution >= 4 is 11.4 Å². The normalized spacial score (nSPS) is 13.7. The standard InChI is InChI=1S/C15H17N7/c1-20-3-4-22(10-18-17)15-5-11(7-16)13(6-14(15)20)12-8-19-21(2)9-12/h5-6,8-9,17H,3-4,10H2,1-2H3. The molecule has 2 heterocycles. The van der Waals surface area contributed by atoms with Crippen LogP contribution in [0.4, 0.5) is 11.4 Å². The summed E-state index contributed by atoms with van der Waals surface area (Å²) in [4.78, 5) is 4.19. The van der Waals surface area contributed by atoms with Crippen molar-refractivity contribution < 1.29 is 0 Å². The van der Waals surface area contributed by atoms with Gasteiger partial charge in [0, 0.05) is 44.5 Å². The zero-order chi connectivity index (χ0) is 15.7. The number of anilines is 2. The van der Waals surface area contributed by atoms with E-state index in [4.69, 9.17) is 5.53 Å². The summed E-state index contributed by atoms with van der Waals surface area (Å²) in [5, 5.41) is 17.2. The summed E-state index contributed by atoms with van der Waals surface area (Å²) >= 11 is 0. The van der Waals surface area contributed by atoms with Gasteiger partial charge in [0.05, 0.1) is 29.2 Å². The quantitative estimate of drug-likeness (QED) is 0.880. The van der Waals surface area contributed by atoms with Crippen molar-refractivity contribution in [2.75, 3.05) is 36.6 Å². The average Bonchev–Trinajstić information content (AvgIpc) is 2.95. The fraction of sp³-hybridized carbons (Fsp3) is 0.333. The number of fused-ring (bicyclic) bond motifs is 1. The Balaban J connectivity index is 2.16. The number of hydrogen-bond donors (Lipinski definition) is 1. The van der Waals surface area contributed by atoms with E-state index in [9.17, 15) is 5.26 Å². The molecule has 1 N–H and O–H groups in total. The second-order valence-corrected chi connectivity index (χ2v) is 5.39. The molecule has 1 aliphatic heterocycles. The van der Waals surface area contributed by atoms with E-state index >= 15 is 0 Å². The minimum absolute atomic E-state index is 0.317. The third-order valence-corrected chi connectivity index (χ3v) is 3.95. The number of rotatable bonds is 3. The second kappa shape index (κ2) is 5.48. The van der Waals surface area contributed by atoms with Crippen molar-refractivity contribution in [3.05, 3.63) is 30.1 Å². The SMILES string of the molecule is CN1CCN(CN=N)c2cc(C#N)c(-c3cnn(C)c3)cc21. The number of aromatic nitrogens is 2. The number of likely N-dealkylation sites (N-methyl/N-ethyl adjacent to an activating group) is 1. The van der Waals surface area contributed by atoms with Crippen LogP contribution in [0.25, 0.3) is 11.1 Å². The van der Waals surface area contributed by atoms with E-state index in [2.05, 4.69) is 21.2 Å². The Morgan fingerprint density at radius 3 is 2.77 bits per heavy atom. The molecule has 7 heteroatoms. The zero-order valence-corrected chi connectivity index (χ0v) is 12.6. The molecule has 0 aliphatic carbocycles. The van der Waals surface area contributed by atoms with Gasteiger partial charge in [-0.15, -0.1) is 0 Å². The number of benzene rings is 1. The van der Waals surface area contributed by atoms with E-state index in [1.165, 1.54) is 0 Å². The number of nitrogens with zero attached hydrogens (tertiary/aromatic N) is 6. The first kappa shape index (κ1) is 14.1. The van der Waals surface area contributed by atoms with E-state index in [0.29, 0.717) is 12.2 Å². The van der Waals surface area contributed by atoms with Crippen molar-refractivity contribution in [3.63, 3.8) is 0 Å². The molecule has 7 nitrogen and oxygen atoms in total. The Bertz CT molecular complexity index is 756. The lowest BCUT2D eigenvalue weighted by Crippen LogP contribution is -2.39. The highest BCUT2D eigenvalue weighted by atomic mass is 15.3. The molecule has 2 aromatic rings. The zero-order valence-electron chi connectivity index (χ0n) is 12.6. The molecule has 0 spiro atoms. The maximum Gasteiger partial charge on any atom is 0.131 e. The van der Waals surface area contributed by atoms with Crippen LogP contribution in [-0.2, 0) is 7.05 Å². The highest BCUT2D eigenvalue weighted by Gasteiger charge is 2.23. The van der Waals surface area contributed by atoms with Gasteiger partial charge in [0.15, 0.2) is 0 Å². The molecule has 22 heavy (non-hydrogen) atoms. The lowest BCUT2D eigenvalue weighted by Gasteiger charge is -2.36. The molecule has 0 amide bonds. The Morgan fingerprint density at radius 2 is 2.14 bits per heavy atom. The number of nitrogens with one attached hydrogen (secondary N) is 1. The van der Waals surface area contributed by atoms with Crippen LogP contribution in [0.15, 0.2) is 29.6 Å². The van der Waals surface area contributed by atoms with Crippen LogP contribution in [0.5, 0.6) is 0 Å². The molecule has 112 valence electrons. The minimum atomic E-state index is 0.317. The molecular formula is C15H17N7. The predicted molar refractivity (Wildman–Crippen MR) is 84.0 cm³/mol. The van der Waals surface area contributed by atoms with Crippen LogP contribution >= 0.6 is 0 Å². The maximum absolute atomic E-state index is 9.50. The molecular weight excluding hydrogens is 278 g/mol. The van der Waals surface area contributed by atoms with Gasteiger partial charge in [-0.25, -0.2) is 5.53 Å². The monoisotopic (exact) mass is 295 g/mol. The molecule has 0 saturated carbocycles. The maximum atomic E-state index is 9.50. The molecule has 0 fully saturated rings. The van der Waals surface area contributed by atoms with Gasteiger partial charge in [-0.2, -0.15) is 15.5 Å². The fourth-order valence-corrected chi connectivity index (χ4v) is 2.77. The van der Waals surface area contributed by atoms with Crippen LogP contribution in [0.3, 0.4) is 0 Å². The van der Waals surface area contributed by atoms with Gasteiger partial charge in [0.1, 0.15) is 6.67 Å². The van der Waals surface area contributed by atoms with Crippen LogP contribution in [0.1, 0.15) is 5.56 Å². The molecule has 0 unspecified atom stereocenters. The van der Waals surface area contributed by atoms with Crippen molar-refractivity contribution in [1.29, 1.82) is 10.8 Å². The Morgan fingerprint density at radius 1 is 1.32 bits per heavy atom. The third kappa shape index (κ3) is 2.29. The van der Waals surface area contributed by atoms with Crippen molar-refractivity contribution in [3.8, 4) is 17.2 Å². The predicted octanol–water partition coefficient (Wildman–Crippen LogP) is 2.20. The topological polar surface area (TPSA) is 84.3 Å². The molecule has 1 aromatic heterocycles. The lowest BCUT2D eigenvalue weighted by molar-refractivity contribution is 0.720. The summed E-state index contributed by atoms with van der Waals surface area (Å²) in [7, 11) is 3.89. The Labute approximate surface area is 128 Å². The molecule has 1 aromatic carbocycles. The highest BCUT2D eigenvalue weighted by Crippen LogP contribution is 2.38. The first-order valence-corrected chi connectivity index (χ1v) is 7.00. The molecule has 0 radical (unpaired) electrons. The summed E-state index contributed by atoms with van der Waals surface area (Å²) in [6, 6.07) is 6.19. The molecule has 0 bridgehead atoms. The summed E-state index contributed by atoms with van der Waals surface area (Å²) < 4.78 is 1.73. The second-order valence-electron chi connectivity index (χ2n) is 5.39. The highest BCUT2D eigenvalue weighted by molar-refractivity contribution is 5.84. The average molecular weight is 295 g/mol. The van der Waals surface area contributed by atoms with Crippen LogP contribution in [-0.4, -0.2) is 36.6 Å². The van der Waals surface area contributed by atoms with Crippen LogP contribution in [0.2, 0.25) is 0 Å². The van der Waals surface area contributed by atoms with E-state index in [-0.39, 0.29) is 0 Å². The van der Waals surface area contributed by atoms with Crippen LogP contribution < -0.4 is 9.80 Å². The molecule has 0 atom stereocenters. The molecule has 0 saturated heterocycles. The van der Waals surface area contributed by atoms with Gasteiger partial charge in [-0.3, -0.25) is 4.68 Å². The third-order valence-electron chi connectivity index (χ3n) is 3.95. The number of aryl methyl sites for hydroxylation is 1. The minimum Gasteiger partial charge on any atom is -0.371 e. The van der Waals surface area contributed by atoms with E-state index in [0.717, 1.165) is 35.6 Å². The van der Waals surface area contributed by atoms with Crippen molar-refractivity contribution in [2.45, 2.75) is 0 Å². The molecule has 1 aliphatic rings.